The summed E-state index contributed by atoms with van der Waals surface area (Å²) in [5, 5.41) is 8.29. The topological polar surface area (TPSA) is 41.1 Å². The summed E-state index contributed by atoms with van der Waals surface area (Å²) in [4.78, 5) is 12.9. The molecule has 0 radical (unpaired) electrons. The third kappa shape index (κ3) is 5.21. The molecule has 0 aromatic carbocycles. The van der Waals surface area contributed by atoms with Crippen LogP contribution in [0.2, 0.25) is 0 Å². The van der Waals surface area contributed by atoms with Crippen LogP contribution in [0, 0.1) is 0 Å². The van der Waals surface area contributed by atoms with Crippen LogP contribution < -0.4 is 10.6 Å². The van der Waals surface area contributed by atoms with E-state index in [0.717, 1.165) is 25.9 Å². The second-order valence-electron chi connectivity index (χ2n) is 4.17. The Labute approximate surface area is 118 Å². The predicted octanol–water partition coefficient (Wildman–Crippen LogP) is 2.14. The molecule has 2 rings (SSSR count). The van der Waals surface area contributed by atoms with E-state index in [-0.39, 0.29) is 18.3 Å². The van der Waals surface area contributed by atoms with Crippen LogP contribution in [-0.4, -0.2) is 25.5 Å². The fourth-order valence-corrected chi connectivity index (χ4v) is 2.53. The summed E-state index contributed by atoms with van der Waals surface area (Å²) >= 11 is 1.71. The van der Waals surface area contributed by atoms with E-state index in [1.807, 2.05) is 11.4 Å². The van der Waals surface area contributed by atoms with Gasteiger partial charge in [-0.15, -0.1) is 23.7 Å². The van der Waals surface area contributed by atoms with Crippen molar-refractivity contribution in [2.75, 3.05) is 19.6 Å². The summed E-state index contributed by atoms with van der Waals surface area (Å²) < 4.78 is 0. The summed E-state index contributed by atoms with van der Waals surface area (Å²) in [5.41, 5.74) is 1.34. The first-order chi connectivity index (χ1) is 8.34. The van der Waals surface area contributed by atoms with Gasteiger partial charge in [-0.2, -0.15) is 0 Å². The van der Waals surface area contributed by atoms with Gasteiger partial charge in [0.1, 0.15) is 0 Å². The minimum absolute atomic E-state index is 0. The number of rotatable bonds is 5. The molecule has 0 atom stereocenters. The van der Waals surface area contributed by atoms with Crippen molar-refractivity contribution in [1.82, 2.24) is 10.6 Å². The fourth-order valence-electron chi connectivity index (χ4n) is 1.82. The molecular formula is C13H19ClN2OS. The van der Waals surface area contributed by atoms with Crippen molar-refractivity contribution in [3.63, 3.8) is 0 Å². The molecule has 0 aliphatic carbocycles. The average Bonchev–Trinajstić information content (AvgIpc) is 2.88. The lowest BCUT2D eigenvalue weighted by atomic mass is 10.1. The van der Waals surface area contributed by atoms with Crippen LogP contribution in [0.25, 0.3) is 0 Å². The zero-order valence-electron chi connectivity index (χ0n) is 10.3. The van der Waals surface area contributed by atoms with Gasteiger partial charge in [-0.3, -0.25) is 4.79 Å². The van der Waals surface area contributed by atoms with Gasteiger partial charge in [0, 0.05) is 24.4 Å². The Balaban J connectivity index is 0.00000162. The molecule has 5 heteroatoms. The summed E-state index contributed by atoms with van der Waals surface area (Å²) in [6.07, 6.45) is 4.66. The summed E-state index contributed by atoms with van der Waals surface area (Å²) in [7, 11) is 0. The molecule has 0 spiro atoms. The lowest BCUT2D eigenvalue weighted by Crippen LogP contribution is -2.29. The van der Waals surface area contributed by atoms with Crippen molar-refractivity contribution >= 4 is 29.7 Å². The average molecular weight is 287 g/mol. The molecule has 2 heterocycles. The number of carbonyl (C=O) groups excluding carboxylic acids is 1. The maximum absolute atomic E-state index is 11.6. The monoisotopic (exact) mass is 286 g/mol. The Morgan fingerprint density at radius 3 is 3.06 bits per heavy atom. The number of thiophene rings is 1. The molecule has 0 saturated carbocycles. The molecule has 3 nitrogen and oxygen atoms in total. The zero-order valence-corrected chi connectivity index (χ0v) is 11.9. The number of halogens is 1. The van der Waals surface area contributed by atoms with Crippen LogP contribution in [0.4, 0.5) is 0 Å². The number of aryl methyl sites for hydroxylation is 1. The van der Waals surface area contributed by atoms with E-state index in [4.69, 9.17) is 0 Å². The SMILES string of the molecule is Cl.O=C(CCc1cccs1)NCC1=CCNCC1. The lowest BCUT2D eigenvalue weighted by Gasteiger charge is -2.14. The van der Waals surface area contributed by atoms with E-state index in [0.29, 0.717) is 13.0 Å². The second-order valence-corrected chi connectivity index (χ2v) is 5.20. The van der Waals surface area contributed by atoms with Crippen LogP contribution in [0.1, 0.15) is 17.7 Å². The maximum Gasteiger partial charge on any atom is 0.220 e. The van der Waals surface area contributed by atoms with Crippen molar-refractivity contribution < 1.29 is 4.79 Å². The van der Waals surface area contributed by atoms with Crippen molar-refractivity contribution in [3.8, 4) is 0 Å². The standard InChI is InChI=1S/C13H18N2OS.ClH/c16-13(4-3-12-2-1-9-17-12)15-10-11-5-7-14-8-6-11;/h1-2,5,9,14H,3-4,6-8,10H2,(H,15,16);1H. The highest BCUT2D eigenvalue weighted by atomic mass is 35.5. The van der Waals surface area contributed by atoms with Crippen molar-refractivity contribution in [1.29, 1.82) is 0 Å². The first-order valence-corrected chi connectivity index (χ1v) is 6.90. The Kier molecular flexibility index (Phi) is 7.01. The molecule has 18 heavy (non-hydrogen) atoms. The van der Waals surface area contributed by atoms with Gasteiger partial charge in [-0.1, -0.05) is 17.7 Å². The molecule has 1 amide bonds. The third-order valence-electron chi connectivity index (χ3n) is 2.85. The molecular weight excluding hydrogens is 268 g/mol. The largest absolute Gasteiger partial charge is 0.352 e. The number of hydrogen-bond donors (Lipinski definition) is 2. The number of hydrogen-bond acceptors (Lipinski definition) is 3. The van der Waals surface area contributed by atoms with Crippen molar-refractivity contribution in [3.05, 3.63) is 34.0 Å². The van der Waals surface area contributed by atoms with Crippen molar-refractivity contribution in [2.24, 2.45) is 0 Å². The first-order valence-electron chi connectivity index (χ1n) is 6.02. The van der Waals surface area contributed by atoms with E-state index in [2.05, 4.69) is 22.8 Å². The quantitative estimate of drug-likeness (QED) is 0.814. The van der Waals surface area contributed by atoms with E-state index >= 15 is 0 Å². The highest BCUT2D eigenvalue weighted by molar-refractivity contribution is 7.09. The number of amides is 1. The van der Waals surface area contributed by atoms with Gasteiger partial charge >= 0.3 is 0 Å². The summed E-state index contributed by atoms with van der Waals surface area (Å²) in [6, 6.07) is 4.10. The first kappa shape index (κ1) is 15.2. The van der Waals surface area contributed by atoms with Gasteiger partial charge in [-0.05, 0) is 30.8 Å². The van der Waals surface area contributed by atoms with E-state index in [1.54, 1.807) is 11.3 Å². The van der Waals surface area contributed by atoms with Gasteiger partial charge in [-0.25, -0.2) is 0 Å². The summed E-state index contributed by atoms with van der Waals surface area (Å²) in [5.74, 6) is 0.151. The molecule has 0 unspecified atom stereocenters. The predicted molar refractivity (Wildman–Crippen MR) is 78.5 cm³/mol. The molecule has 1 aromatic heterocycles. The number of nitrogens with one attached hydrogen (secondary N) is 2. The highest BCUT2D eigenvalue weighted by Crippen LogP contribution is 2.10. The summed E-state index contributed by atoms with van der Waals surface area (Å²) in [6.45, 7) is 2.67. The van der Waals surface area contributed by atoms with Gasteiger partial charge in [0.25, 0.3) is 0 Å². The van der Waals surface area contributed by atoms with Gasteiger partial charge in [0.15, 0.2) is 0 Å². The van der Waals surface area contributed by atoms with Crippen LogP contribution in [0.3, 0.4) is 0 Å². The minimum atomic E-state index is 0. The molecule has 0 fully saturated rings. The molecule has 0 saturated heterocycles. The number of carbonyl (C=O) groups is 1. The Morgan fingerprint density at radius 1 is 1.50 bits per heavy atom. The van der Waals surface area contributed by atoms with Crippen LogP contribution in [-0.2, 0) is 11.2 Å². The maximum atomic E-state index is 11.6. The van der Waals surface area contributed by atoms with Gasteiger partial charge < -0.3 is 10.6 Å². The van der Waals surface area contributed by atoms with E-state index < -0.39 is 0 Å². The molecule has 0 bridgehead atoms. The van der Waals surface area contributed by atoms with Gasteiger partial charge in [0.2, 0.25) is 5.91 Å². The molecule has 2 N–H and O–H groups in total. The molecule has 1 aliphatic rings. The molecule has 1 aromatic rings. The van der Waals surface area contributed by atoms with Gasteiger partial charge in [0.05, 0.1) is 0 Å². The third-order valence-corrected chi connectivity index (χ3v) is 3.79. The lowest BCUT2D eigenvalue weighted by molar-refractivity contribution is -0.120. The minimum Gasteiger partial charge on any atom is -0.352 e. The highest BCUT2D eigenvalue weighted by Gasteiger charge is 2.06. The Morgan fingerprint density at radius 2 is 2.39 bits per heavy atom. The normalized spacial score (nSPS) is 14.6. The zero-order chi connectivity index (χ0) is 11.9. The smallest absolute Gasteiger partial charge is 0.220 e. The van der Waals surface area contributed by atoms with Crippen LogP contribution >= 0.6 is 23.7 Å². The van der Waals surface area contributed by atoms with E-state index in [9.17, 15) is 4.79 Å². The van der Waals surface area contributed by atoms with Crippen molar-refractivity contribution in [2.45, 2.75) is 19.3 Å². The Hall–Kier alpha value is -0.840. The second kappa shape index (κ2) is 8.29. The van der Waals surface area contributed by atoms with Crippen LogP contribution in [0.5, 0.6) is 0 Å². The molecule has 1 aliphatic heterocycles. The fraction of sp³-hybridized carbons (Fsp3) is 0.462. The van der Waals surface area contributed by atoms with E-state index in [1.165, 1.54) is 10.5 Å². The Bertz CT molecular complexity index is 390. The van der Waals surface area contributed by atoms with Crippen LogP contribution in [0.15, 0.2) is 29.2 Å². The molecule has 100 valence electrons.